The van der Waals surface area contributed by atoms with Gasteiger partial charge < -0.3 is 19.6 Å². The van der Waals surface area contributed by atoms with Crippen molar-refractivity contribution in [1.29, 1.82) is 0 Å². The van der Waals surface area contributed by atoms with Gasteiger partial charge in [-0.25, -0.2) is 13.6 Å². The molecule has 0 aromatic heterocycles. The lowest BCUT2D eigenvalue weighted by molar-refractivity contribution is -0.146. The first-order valence-corrected chi connectivity index (χ1v) is 16.0. The molecule has 0 radical (unpaired) electrons. The Hall–Kier alpha value is -3.27. The third-order valence-corrected chi connectivity index (χ3v) is 8.91. The van der Waals surface area contributed by atoms with Gasteiger partial charge in [0.05, 0.1) is 20.6 Å². The molecular formula is C27H32F2N2O5Si. The quantitative estimate of drug-likeness (QED) is 0.551. The lowest BCUT2D eigenvalue weighted by Crippen LogP contribution is -2.59. The van der Waals surface area contributed by atoms with Crippen LogP contribution < -0.4 is 9.92 Å². The fourth-order valence-corrected chi connectivity index (χ4v) is 6.71. The third kappa shape index (κ3) is 5.39. The molecule has 1 N–H and O–H groups in total. The van der Waals surface area contributed by atoms with Crippen molar-refractivity contribution in [3.8, 4) is 5.75 Å². The number of ketones is 1. The van der Waals surface area contributed by atoms with Crippen LogP contribution in [-0.2, 0) is 22.4 Å². The third-order valence-electron chi connectivity index (χ3n) is 6.94. The number of carboxylic acids is 1. The number of fused-ring (bicyclic) bond motifs is 1. The van der Waals surface area contributed by atoms with E-state index in [1.54, 1.807) is 12.1 Å². The minimum atomic E-state index is -2.27. The molecule has 2 aromatic rings. The van der Waals surface area contributed by atoms with Crippen LogP contribution in [0.3, 0.4) is 0 Å². The Morgan fingerprint density at radius 2 is 1.73 bits per heavy atom. The van der Waals surface area contributed by atoms with Gasteiger partial charge in [-0.15, -0.1) is 0 Å². The highest BCUT2D eigenvalue weighted by Gasteiger charge is 2.43. The summed E-state index contributed by atoms with van der Waals surface area (Å²) in [6.07, 6.45) is 0.245. The highest BCUT2D eigenvalue weighted by molar-refractivity contribution is 6.88. The molecule has 2 amide bonds. The van der Waals surface area contributed by atoms with Crippen molar-refractivity contribution in [3.05, 3.63) is 58.7 Å². The van der Waals surface area contributed by atoms with Gasteiger partial charge in [-0.2, -0.15) is 0 Å². The van der Waals surface area contributed by atoms with Crippen molar-refractivity contribution in [2.75, 3.05) is 26.2 Å². The van der Waals surface area contributed by atoms with Crippen LogP contribution in [0.4, 0.5) is 13.6 Å². The highest BCUT2D eigenvalue weighted by Crippen LogP contribution is 2.35. The minimum absolute atomic E-state index is 0.0797. The average Bonchev–Trinajstić information content (AvgIpc) is 2.75. The van der Waals surface area contributed by atoms with Crippen LogP contribution in [0.25, 0.3) is 0 Å². The summed E-state index contributed by atoms with van der Waals surface area (Å²) in [5, 5.41) is 9.28. The number of carboxylic acid groups (broad SMARTS) is 1. The van der Waals surface area contributed by atoms with E-state index in [1.807, 2.05) is 32.6 Å². The number of Topliss-reactive ketones (excluding diaryl/α,β-unsaturated/α-hetero) is 1. The molecule has 0 aliphatic carbocycles. The molecule has 0 bridgehead atoms. The number of nitrogens with zero attached hydrogens (tertiary/aromatic N) is 2. The summed E-state index contributed by atoms with van der Waals surface area (Å²) in [5.41, 5.74) is 1.72. The predicted molar refractivity (Wildman–Crippen MR) is 137 cm³/mol. The Bertz CT molecular complexity index is 1220. The number of halogens is 2. The maximum Gasteiger partial charge on any atom is 0.320 e. The van der Waals surface area contributed by atoms with E-state index < -0.39 is 43.7 Å². The largest absolute Gasteiger partial charge is 0.494 e. The molecule has 0 spiro atoms. The Morgan fingerprint density at radius 3 is 2.30 bits per heavy atom. The van der Waals surface area contributed by atoms with Gasteiger partial charge in [0.15, 0.2) is 5.78 Å². The summed E-state index contributed by atoms with van der Waals surface area (Å²) in [6.45, 7) is 8.32. The fourth-order valence-electron chi connectivity index (χ4n) is 5.13. The van der Waals surface area contributed by atoms with Crippen molar-refractivity contribution in [1.82, 2.24) is 9.80 Å². The Balaban J connectivity index is 1.65. The summed E-state index contributed by atoms with van der Waals surface area (Å²) in [6, 6.07) is 6.41. The predicted octanol–water partition coefficient (Wildman–Crippen LogP) is 3.76. The van der Waals surface area contributed by atoms with Crippen LogP contribution >= 0.6 is 0 Å². The molecule has 2 aromatic carbocycles. The van der Waals surface area contributed by atoms with Crippen LogP contribution in [0.2, 0.25) is 19.6 Å². The van der Waals surface area contributed by atoms with E-state index in [0.29, 0.717) is 24.3 Å². The molecule has 2 aliphatic rings. The minimum Gasteiger partial charge on any atom is -0.494 e. The molecule has 7 nitrogen and oxygen atoms in total. The molecule has 2 heterocycles. The summed E-state index contributed by atoms with van der Waals surface area (Å²) < 4.78 is 35.3. The smallest absolute Gasteiger partial charge is 0.320 e. The molecule has 1 saturated heterocycles. The molecule has 4 rings (SSSR count). The topological polar surface area (TPSA) is 87.2 Å². The zero-order valence-corrected chi connectivity index (χ0v) is 22.5. The van der Waals surface area contributed by atoms with Crippen LogP contribution in [0, 0.1) is 17.6 Å². The fraction of sp³-hybridized carbons (Fsp3) is 0.444. The van der Waals surface area contributed by atoms with Gasteiger partial charge in [0.25, 0.3) is 0 Å². The molecule has 10 heteroatoms. The Kier molecular flexibility index (Phi) is 7.41. The summed E-state index contributed by atoms with van der Waals surface area (Å²) in [5.74, 6) is -2.60. The van der Waals surface area contributed by atoms with E-state index in [2.05, 4.69) is 0 Å². The number of hydrogen-bond acceptors (Lipinski definition) is 4. The first-order chi connectivity index (χ1) is 17.4. The average molecular weight is 531 g/mol. The van der Waals surface area contributed by atoms with E-state index in [-0.39, 0.29) is 42.6 Å². The van der Waals surface area contributed by atoms with E-state index in [9.17, 15) is 28.3 Å². The van der Waals surface area contributed by atoms with Gasteiger partial charge in [0, 0.05) is 31.2 Å². The van der Waals surface area contributed by atoms with Crippen molar-refractivity contribution < 1.29 is 33.0 Å². The van der Waals surface area contributed by atoms with Gasteiger partial charge in [-0.1, -0.05) is 25.7 Å². The van der Waals surface area contributed by atoms with Gasteiger partial charge in [-0.3, -0.25) is 9.59 Å². The molecular weight excluding hydrogens is 498 g/mol. The number of rotatable bonds is 7. The molecule has 198 valence electrons. The number of likely N-dealkylation sites (tertiary alicyclic amines) is 1. The highest BCUT2D eigenvalue weighted by atomic mass is 28.3. The van der Waals surface area contributed by atoms with Crippen LogP contribution in [0.5, 0.6) is 5.75 Å². The lowest BCUT2D eigenvalue weighted by Gasteiger charge is -2.44. The van der Waals surface area contributed by atoms with Gasteiger partial charge in [0.2, 0.25) is 0 Å². The van der Waals surface area contributed by atoms with Crippen molar-refractivity contribution in [2.24, 2.45) is 5.92 Å². The summed E-state index contributed by atoms with van der Waals surface area (Å²) >= 11 is 0. The number of urea groups is 1. The SMILES string of the molecule is CCOc1ccc2c(c1)CCN(C(=O)N1CC(C(=O)O)C1)[C@H]2C(=O)Cc1cc(F)c([Si](C)(C)C)c(F)c1. The molecule has 1 fully saturated rings. The van der Waals surface area contributed by atoms with Crippen LogP contribution in [-0.4, -0.2) is 67.0 Å². The summed E-state index contributed by atoms with van der Waals surface area (Å²) in [7, 11) is -2.27. The Labute approximate surface area is 216 Å². The Morgan fingerprint density at radius 1 is 1.08 bits per heavy atom. The zero-order chi connectivity index (χ0) is 27.1. The van der Waals surface area contributed by atoms with Gasteiger partial charge >= 0.3 is 12.0 Å². The van der Waals surface area contributed by atoms with Gasteiger partial charge in [0.1, 0.15) is 23.4 Å². The molecule has 0 unspecified atom stereocenters. The maximum absolute atomic E-state index is 14.9. The number of ether oxygens (including phenoxy) is 1. The number of carbonyl (C=O) groups is 3. The van der Waals surface area contributed by atoms with Crippen LogP contribution in [0.15, 0.2) is 30.3 Å². The number of carbonyl (C=O) groups excluding carboxylic acids is 2. The second kappa shape index (κ2) is 10.2. The maximum atomic E-state index is 14.9. The monoisotopic (exact) mass is 530 g/mol. The first kappa shape index (κ1) is 26.8. The van der Waals surface area contributed by atoms with E-state index in [0.717, 1.165) is 5.56 Å². The normalized spacial score (nSPS) is 17.7. The number of amides is 2. The number of aliphatic carboxylic acids is 1. The zero-order valence-electron chi connectivity index (χ0n) is 21.5. The van der Waals surface area contributed by atoms with E-state index >= 15 is 0 Å². The molecule has 1 atom stereocenters. The second-order valence-corrected chi connectivity index (χ2v) is 15.7. The number of hydrogen-bond donors (Lipinski definition) is 1. The standard InChI is InChI=1S/C27H32F2N2O5Si/c1-5-36-19-6-7-20-17(13-19)8-9-31(27(35)30-14-18(15-30)26(33)34)24(20)23(32)12-16-10-21(28)25(22(29)11-16)37(2,3)4/h6-7,10-11,13,18,24H,5,8-9,12,14-15H2,1-4H3,(H,33,34)/t24-/m1/s1. The lowest BCUT2D eigenvalue weighted by atomic mass is 9.87. The molecule has 37 heavy (non-hydrogen) atoms. The first-order valence-electron chi connectivity index (χ1n) is 12.5. The summed E-state index contributed by atoms with van der Waals surface area (Å²) in [4.78, 5) is 41.1. The molecule has 2 aliphatic heterocycles. The van der Waals surface area contributed by atoms with E-state index in [1.165, 1.54) is 21.9 Å². The van der Waals surface area contributed by atoms with Crippen molar-refractivity contribution in [3.63, 3.8) is 0 Å². The van der Waals surface area contributed by atoms with Gasteiger partial charge in [-0.05, 0) is 54.3 Å². The van der Waals surface area contributed by atoms with E-state index in [4.69, 9.17) is 4.74 Å². The molecule has 0 saturated carbocycles. The number of benzene rings is 2. The van der Waals surface area contributed by atoms with Crippen LogP contribution in [0.1, 0.15) is 29.7 Å². The second-order valence-electron chi connectivity index (χ2n) is 10.7. The van der Waals surface area contributed by atoms with Crippen molar-refractivity contribution in [2.45, 2.75) is 45.4 Å². The van der Waals surface area contributed by atoms with Crippen molar-refractivity contribution >= 4 is 31.0 Å².